The molecule has 2 aromatic rings. The number of nitrogens with zero attached hydrogens (tertiary/aromatic N) is 1. The molecule has 132 valence electrons. The van der Waals surface area contributed by atoms with E-state index in [1.54, 1.807) is 17.0 Å². The molecule has 1 N–H and O–H groups in total. The Hall–Kier alpha value is -2.47. The molecule has 2 aromatic carbocycles. The molecular weight excluding hydrogens is 326 g/mol. The van der Waals surface area contributed by atoms with Crippen molar-refractivity contribution in [3.8, 4) is 5.75 Å². The van der Waals surface area contributed by atoms with E-state index in [1.165, 1.54) is 6.07 Å². The molecule has 0 aromatic heterocycles. The second-order valence-electron chi connectivity index (χ2n) is 5.91. The van der Waals surface area contributed by atoms with Gasteiger partial charge < -0.3 is 15.0 Å². The highest BCUT2D eigenvalue weighted by molar-refractivity contribution is 5.82. The summed E-state index contributed by atoms with van der Waals surface area (Å²) in [5.41, 5.74) is 0.675. The van der Waals surface area contributed by atoms with E-state index in [4.69, 9.17) is 4.74 Å². The highest BCUT2D eigenvalue weighted by Crippen LogP contribution is 2.25. The molecule has 1 heterocycles. The van der Waals surface area contributed by atoms with Gasteiger partial charge in [0, 0.05) is 31.3 Å². The van der Waals surface area contributed by atoms with Crippen LogP contribution in [0.25, 0.3) is 0 Å². The third kappa shape index (κ3) is 4.33. The Morgan fingerprint density at radius 2 is 1.84 bits per heavy atom. The quantitative estimate of drug-likeness (QED) is 0.926. The van der Waals surface area contributed by atoms with Crippen molar-refractivity contribution in [2.75, 3.05) is 26.2 Å². The molecule has 0 radical (unpaired) electrons. The van der Waals surface area contributed by atoms with Crippen molar-refractivity contribution >= 4 is 5.91 Å². The second-order valence-corrected chi connectivity index (χ2v) is 5.91. The molecule has 1 aliphatic heterocycles. The van der Waals surface area contributed by atoms with Gasteiger partial charge >= 0.3 is 0 Å². The Kier molecular flexibility index (Phi) is 5.60. The molecule has 0 spiro atoms. The zero-order chi connectivity index (χ0) is 17.6. The Morgan fingerprint density at radius 1 is 1.04 bits per heavy atom. The van der Waals surface area contributed by atoms with Gasteiger partial charge in [-0.3, -0.25) is 4.79 Å². The van der Waals surface area contributed by atoms with Crippen LogP contribution < -0.4 is 10.1 Å². The van der Waals surface area contributed by atoms with E-state index >= 15 is 0 Å². The van der Waals surface area contributed by atoms with E-state index in [9.17, 15) is 13.6 Å². The van der Waals surface area contributed by atoms with Crippen molar-refractivity contribution in [1.82, 2.24) is 10.2 Å². The van der Waals surface area contributed by atoms with Gasteiger partial charge in [0.15, 0.2) is 11.6 Å². The third-order valence-electron chi connectivity index (χ3n) is 4.12. The number of nitrogens with one attached hydrogen (secondary N) is 1. The van der Waals surface area contributed by atoms with Gasteiger partial charge in [0.25, 0.3) is 5.91 Å². The van der Waals surface area contributed by atoms with Crippen LogP contribution in [0.1, 0.15) is 18.1 Å². The number of carbonyl (C=O) groups excluding carboxylic acids is 1. The van der Waals surface area contributed by atoms with E-state index in [-0.39, 0.29) is 11.7 Å². The Balaban J connectivity index is 1.86. The average Bonchev–Trinajstić information content (AvgIpc) is 2.92. The minimum Gasteiger partial charge on any atom is -0.476 e. The SMILES string of the molecule is O=C(C(Oc1ccc(F)c(F)c1)c1ccccc1)N1CCCNCC1. The largest absolute Gasteiger partial charge is 0.476 e. The maximum atomic E-state index is 13.5. The van der Waals surface area contributed by atoms with Crippen LogP contribution in [0, 0.1) is 11.6 Å². The predicted molar refractivity (Wildman–Crippen MR) is 90.2 cm³/mol. The van der Waals surface area contributed by atoms with Gasteiger partial charge in [-0.2, -0.15) is 0 Å². The summed E-state index contributed by atoms with van der Waals surface area (Å²) in [6, 6.07) is 12.3. The molecule has 4 nitrogen and oxygen atoms in total. The van der Waals surface area contributed by atoms with Crippen molar-refractivity contribution in [1.29, 1.82) is 0 Å². The number of benzene rings is 2. The summed E-state index contributed by atoms with van der Waals surface area (Å²) in [7, 11) is 0. The van der Waals surface area contributed by atoms with Gasteiger partial charge in [-0.15, -0.1) is 0 Å². The standard InChI is InChI=1S/C19H20F2N2O2/c20-16-8-7-15(13-17(16)21)25-18(14-5-2-1-3-6-14)19(24)23-11-4-9-22-10-12-23/h1-3,5-8,13,18,22H,4,9-12H2. The highest BCUT2D eigenvalue weighted by Gasteiger charge is 2.28. The molecule has 3 rings (SSSR count). The molecule has 1 amide bonds. The average molecular weight is 346 g/mol. The van der Waals surface area contributed by atoms with Gasteiger partial charge in [-0.25, -0.2) is 8.78 Å². The van der Waals surface area contributed by atoms with Crippen LogP contribution in [0.15, 0.2) is 48.5 Å². The van der Waals surface area contributed by atoms with Crippen molar-refractivity contribution in [2.45, 2.75) is 12.5 Å². The number of carbonyl (C=O) groups is 1. The molecule has 1 atom stereocenters. The van der Waals surface area contributed by atoms with E-state index in [1.807, 2.05) is 18.2 Å². The minimum atomic E-state index is -1.00. The van der Waals surface area contributed by atoms with Crippen molar-refractivity contribution in [2.24, 2.45) is 0 Å². The summed E-state index contributed by atoms with van der Waals surface area (Å²) in [4.78, 5) is 14.8. The smallest absolute Gasteiger partial charge is 0.268 e. The van der Waals surface area contributed by atoms with Gasteiger partial charge in [-0.1, -0.05) is 30.3 Å². The van der Waals surface area contributed by atoms with Crippen molar-refractivity contribution < 1.29 is 18.3 Å². The number of hydrogen-bond acceptors (Lipinski definition) is 3. The molecule has 25 heavy (non-hydrogen) atoms. The summed E-state index contributed by atoms with van der Waals surface area (Å²) >= 11 is 0. The first-order valence-corrected chi connectivity index (χ1v) is 8.31. The molecule has 1 saturated heterocycles. The second kappa shape index (κ2) is 8.07. The lowest BCUT2D eigenvalue weighted by Crippen LogP contribution is -2.39. The van der Waals surface area contributed by atoms with Crippen LogP contribution in [-0.2, 0) is 4.79 Å². The first-order chi connectivity index (χ1) is 12.1. The first kappa shape index (κ1) is 17.4. The van der Waals surface area contributed by atoms with Crippen LogP contribution in [-0.4, -0.2) is 37.0 Å². The Labute approximate surface area is 145 Å². The van der Waals surface area contributed by atoms with Crippen LogP contribution in [0.4, 0.5) is 8.78 Å². The molecule has 0 aliphatic carbocycles. The molecule has 1 fully saturated rings. The summed E-state index contributed by atoms with van der Waals surface area (Å²) in [5.74, 6) is -2.02. The molecular formula is C19H20F2N2O2. The van der Waals surface area contributed by atoms with E-state index < -0.39 is 17.7 Å². The minimum absolute atomic E-state index is 0.119. The first-order valence-electron chi connectivity index (χ1n) is 8.31. The summed E-state index contributed by atoms with van der Waals surface area (Å²) in [6.07, 6.45) is -0.0394. The van der Waals surface area contributed by atoms with E-state index in [0.717, 1.165) is 31.6 Å². The fraction of sp³-hybridized carbons (Fsp3) is 0.316. The van der Waals surface area contributed by atoms with Gasteiger partial charge in [0.05, 0.1) is 0 Å². The van der Waals surface area contributed by atoms with Crippen molar-refractivity contribution in [3.05, 3.63) is 65.7 Å². The lowest BCUT2D eigenvalue weighted by atomic mass is 10.1. The van der Waals surface area contributed by atoms with Crippen LogP contribution in [0.2, 0.25) is 0 Å². The normalized spacial score (nSPS) is 16.2. The Bertz CT molecular complexity index is 717. The zero-order valence-corrected chi connectivity index (χ0v) is 13.8. The van der Waals surface area contributed by atoms with Gasteiger partial charge in [0.1, 0.15) is 5.75 Å². The molecule has 6 heteroatoms. The number of rotatable bonds is 4. The van der Waals surface area contributed by atoms with Crippen LogP contribution in [0.5, 0.6) is 5.75 Å². The van der Waals surface area contributed by atoms with E-state index in [0.29, 0.717) is 18.7 Å². The number of ether oxygens (including phenoxy) is 1. The maximum Gasteiger partial charge on any atom is 0.268 e. The van der Waals surface area contributed by atoms with Gasteiger partial charge in [-0.05, 0) is 25.1 Å². The zero-order valence-electron chi connectivity index (χ0n) is 13.8. The summed E-state index contributed by atoms with van der Waals surface area (Å²) < 4.78 is 32.4. The fourth-order valence-electron chi connectivity index (χ4n) is 2.81. The molecule has 1 unspecified atom stereocenters. The summed E-state index contributed by atoms with van der Waals surface area (Å²) in [5, 5.41) is 3.25. The maximum absolute atomic E-state index is 13.5. The van der Waals surface area contributed by atoms with Crippen molar-refractivity contribution in [3.63, 3.8) is 0 Å². The molecule has 1 aliphatic rings. The molecule has 0 saturated carbocycles. The lowest BCUT2D eigenvalue weighted by Gasteiger charge is -2.26. The van der Waals surface area contributed by atoms with Crippen LogP contribution in [0.3, 0.4) is 0 Å². The Morgan fingerprint density at radius 3 is 2.60 bits per heavy atom. The third-order valence-corrected chi connectivity index (χ3v) is 4.12. The number of hydrogen-bond donors (Lipinski definition) is 1. The molecule has 0 bridgehead atoms. The van der Waals surface area contributed by atoms with Crippen LogP contribution >= 0.6 is 0 Å². The van der Waals surface area contributed by atoms with E-state index in [2.05, 4.69) is 5.32 Å². The predicted octanol–water partition coefficient (Wildman–Crippen LogP) is 2.91. The fourth-order valence-corrected chi connectivity index (χ4v) is 2.81. The summed E-state index contributed by atoms with van der Waals surface area (Å²) in [6.45, 7) is 2.81. The number of halogens is 2. The topological polar surface area (TPSA) is 41.6 Å². The van der Waals surface area contributed by atoms with Gasteiger partial charge in [0.2, 0.25) is 6.10 Å². The number of amides is 1. The highest BCUT2D eigenvalue weighted by atomic mass is 19.2. The lowest BCUT2D eigenvalue weighted by molar-refractivity contribution is -0.138. The monoisotopic (exact) mass is 346 g/mol.